The smallest absolute Gasteiger partial charge is 0.387 e. The summed E-state index contributed by atoms with van der Waals surface area (Å²) in [5.41, 5.74) is 4.69. The zero-order valence-corrected chi connectivity index (χ0v) is 15.4. The molecule has 0 fully saturated rings. The van der Waals surface area contributed by atoms with Crippen LogP contribution in [0.1, 0.15) is 20.7 Å². The fourth-order valence-corrected chi connectivity index (χ4v) is 2.51. The van der Waals surface area contributed by atoms with Crippen molar-refractivity contribution < 1.29 is 23.1 Å². The van der Waals surface area contributed by atoms with E-state index in [1.807, 2.05) is 0 Å². The summed E-state index contributed by atoms with van der Waals surface area (Å²) in [5, 5.41) is 16.8. The molecule has 4 N–H and O–H groups in total. The Labute approximate surface area is 167 Å². The van der Waals surface area contributed by atoms with E-state index in [0.717, 1.165) is 6.07 Å². The number of nitrogens with one attached hydrogen (secondary N) is 4. The molecule has 3 rings (SSSR count). The van der Waals surface area contributed by atoms with Gasteiger partial charge in [-0.3, -0.25) is 19.9 Å². The number of halogens is 3. The first kappa shape index (κ1) is 20.2. The second-order valence-corrected chi connectivity index (χ2v) is 5.81. The van der Waals surface area contributed by atoms with Gasteiger partial charge in [0, 0.05) is 7.05 Å². The molecule has 0 saturated heterocycles. The van der Waals surface area contributed by atoms with Crippen molar-refractivity contribution >= 4 is 35.1 Å². The number of rotatable bonds is 5. The number of anilines is 1. The monoisotopic (exact) mass is 426 g/mol. The van der Waals surface area contributed by atoms with Crippen LogP contribution < -0.4 is 26.4 Å². The Bertz CT molecular complexity index is 960. The third kappa shape index (κ3) is 4.64. The minimum atomic E-state index is -3.18. The molecule has 11 nitrogen and oxygen atoms in total. The van der Waals surface area contributed by atoms with Crippen molar-refractivity contribution in [1.82, 2.24) is 31.6 Å². The van der Waals surface area contributed by atoms with Gasteiger partial charge in [-0.1, -0.05) is 11.6 Å². The van der Waals surface area contributed by atoms with Gasteiger partial charge in [0.25, 0.3) is 11.8 Å². The molecule has 2 amide bonds. The number of ether oxygens (including phenoxy) is 1. The molecular formula is C15H13ClF2N8O3. The summed E-state index contributed by atoms with van der Waals surface area (Å²) in [6.07, 6.45) is 2.44. The van der Waals surface area contributed by atoms with E-state index in [1.54, 1.807) is 7.05 Å². The largest absolute Gasteiger partial charge is 0.433 e. The molecule has 2 aromatic rings. The standard InChI is InChI=1S/C15H13ClF2N8O3/c1-26-15(23-24-25-26)22-13(28)8-2-3-9(29-14(17)18)11(10(8)16)21-12(27)7-4-5-19-20-6-7/h2-6,14,24-25H,1H3,(H,21,27)(H,22,23,28). The average molecular weight is 427 g/mol. The highest BCUT2D eigenvalue weighted by Crippen LogP contribution is 2.36. The minimum Gasteiger partial charge on any atom is -0.433 e. The van der Waals surface area contributed by atoms with Crippen LogP contribution in [0.3, 0.4) is 0 Å². The van der Waals surface area contributed by atoms with Crippen LogP contribution in [0, 0.1) is 0 Å². The predicted octanol–water partition coefficient (Wildman–Crippen LogP) is 0.939. The second kappa shape index (κ2) is 8.62. The van der Waals surface area contributed by atoms with E-state index in [-0.39, 0.29) is 27.8 Å². The number of hydrogen-bond donors (Lipinski definition) is 4. The number of nitrogens with zero attached hydrogens (tertiary/aromatic N) is 4. The highest BCUT2D eigenvalue weighted by molar-refractivity contribution is 6.37. The van der Waals surface area contributed by atoms with Crippen LogP contribution in [0.2, 0.25) is 5.02 Å². The van der Waals surface area contributed by atoms with E-state index in [2.05, 4.69) is 41.7 Å². The summed E-state index contributed by atoms with van der Waals surface area (Å²) >= 11 is 6.23. The molecule has 0 aliphatic carbocycles. The summed E-state index contributed by atoms with van der Waals surface area (Å²) in [6, 6.07) is 3.62. The number of carbonyl (C=O) groups excluding carboxylic acids is 2. The van der Waals surface area contributed by atoms with E-state index in [0.29, 0.717) is 0 Å². The molecule has 0 radical (unpaired) electrons. The van der Waals surface area contributed by atoms with Crippen molar-refractivity contribution in [2.75, 3.05) is 12.4 Å². The molecule has 0 bridgehead atoms. The molecular weight excluding hydrogens is 414 g/mol. The molecule has 1 aliphatic rings. The van der Waals surface area contributed by atoms with Crippen molar-refractivity contribution in [2.24, 2.45) is 5.10 Å². The van der Waals surface area contributed by atoms with Gasteiger partial charge in [0.2, 0.25) is 5.96 Å². The van der Waals surface area contributed by atoms with Crippen molar-refractivity contribution in [1.29, 1.82) is 0 Å². The molecule has 1 aromatic carbocycles. The minimum absolute atomic E-state index is 0.0907. The molecule has 1 aliphatic heterocycles. The molecule has 2 heterocycles. The number of hydrazine groups is 2. The lowest BCUT2D eigenvalue weighted by Gasteiger charge is -2.17. The maximum atomic E-state index is 12.8. The number of aromatic nitrogens is 2. The fourth-order valence-electron chi connectivity index (χ4n) is 2.22. The van der Waals surface area contributed by atoms with Gasteiger partial charge >= 0.3 is 6.61 Å². The lowest BCUT2D eigenvalue weighted by Crippen LogP contribution is -2.45. The predicted molar refractivity (Wildman–Crippen MR) is 97.0 cm³/mol. The number of hydrogen-bond acceptors (Lipinski definition) is 9. The Balaban J connectivity index is 1.92. The first-order valence-electron chi connectivity index (χ1n) is 7.85. The second-order valence-electron chi connectivity index (χ2n) is 5.44. The number of carbonyl (C=O) groups is 2. The number of amides is 2. The zero-order valence-electron chi connectivity index (χ0n) is 14.6. The van der Waals surface area contributed by atoms with Crippen LogP contribution >= 0.6 is 11.6 Å². The number of hydrazone groups is 1. The van der Waals surface area contributed by atoms with Gasteiger partial charge in [-0.2, -0.15) is 19.0 Å². The third-order valence-corrected chi connectivity index (χ3v) is 3.96. The first-order chi connectivity index (χ1) is 13.9. The Morgan fingerprint density at radius 2 is 2.00 bits per heavy atom. The van der Waals surface area contributed by atoms with Crippen molar-refractivity contribution in [3.05, 3.63) is 46.7 Å². The summed E-state index contributed by atoms with van der Waals surface area (Å²) in [6.45, 7) is -3.18. The van der Waals surface area contributed by atoms with E-state index < -0.39 is 24.2 Å². The highest BCUT2D eigenvalue weighted by atomic mass is 35.5. The lowest BCUT2D eigenvalue weighted by atomic mass is 10.1. The highest BCUT2D eigenvalue weighted by Gasteiger charge is 2.24. The van der Waals surface area contributed by atoms with Crippen LogP contribution in [0.25, 0.3) is 0 Å². The average Bonchev–Trinajstić information content (AvgIpc) is 3.09. The lowest BCUT2D eigenvalue weighted by molar-refractivity contribution is -0.0493. The molecule has 0 spiro atoms. The zero-order chi connectivity index (χ0) is 21.0. The van der Waals surface area contributed by atoms with Gasteiger partial charge in [-0.15, -0.1) is 10.6 Å². The van der Waals surface area contributed by atoms with Gasteiger partial charge < -0.3 is 10.1 Å². The first-order valence-corrected chi connectivity index (χ1v) is 8.23. The van der Waals surface area contributed by atoms with Gasteiger partial charge in [-0.25, -0.2) is 5.53 Å². The van der Waals surface area contributed by atoms with Crippen LogP contribution in [-0.4, -0.2) is 46.6 Å². The number of benzene rings is 1. The van der Waals surface area contributed by atoms with E-state index in [1.165, 1.54) is 29.5 Å². The Kier molecular flexibility index (Phi) is 5.99. The van der Waals surface area contributed by atoms with E-state index in [4.69, 9.17) is 11.6 Å². The summed E-state index contributed by atoms with van der Waals surface area (Å²) in [4.78, 5) is 24.9. The van der Waals surface area contributed by atoms with Crippen molar-refractivity contribution in [3.8, 4) is 5.75 Å². The summed E-state index contributed by atoms with van der Waals surface area (Å²) in [7, 11) is 1.58. The SMILES string of the molecule is CN1NNN=C1NC(=O)c1ccc(OC(F)F)c(NC(=O)c2ccnnc2)c1Cl. The summed E-state index contributed by atoms with van der Waals surface area (Å²) in [5.74, 6) is -1.70. The normalized spacial score (nSPS) is 13.0. The van der Waals surface area contributed by atoms with Crippen molar-refractivity contribution in [3.63, 3.8) is 0 Å². The molecule has 1 aromatic heterocycles. The molecule has 0 unspecified atom stereocenters. The van der Waals surface area contributed by atoms with E-state index in [9.17, 15) is 18.4 Å². The van der Waals surface area contributed by atoms with Crippen molar-refractivity contribution in [2.45, 2.75) is 6.61 Å². The fraction of sp³-hybridized carbons (Fsp3) is 0.133. The van der Waals surface area contributed by atoms with Gasteiger partial charge in [0.15, 0.2) is 5.75 Å². The van der Waals surface area contributed by atoms with Crippen LogP contribution in [0.4, 0.5) is 14.5 Å². The quantitative estimate of drug-likeness (QED) is 0.555. The van der Waals surface area contributed by atoms with Crippen LogP contribution in [0.5, 0.6) is 5.75 Å². The molecule has 0 atom stereocenters. The van der Waals surface area contributed by atoms with Gasteiger partial charge in [0.1, 0.15) is 5.69 Å². The van der Waals surface area contributed by atoms with Gasteiger partial charge in [-0.05, 0) is 18.2 Å². The number of guanidine groups is 1. The molecule has 0 saturated carbocycles. The maximum Gasteiger partial charge on any atom is 0.387 e. The Morgan fingerprint density at radius 1 is 1.21 bits per heavy atom. The van der Waals surface area contributed by atoms with Crippen LogP contribution in [0.15, 0.2) is 35.7 Å². The topological polar surface area (TPSA) is 133 Å². The molecule has 14 heteroatoms. The summed E-state index contributed by atoms with van der Waals surface area (Å²) < 4.78 is 29.9. The number of alkyl halides is 2. The molecule has 152 valence electrons. The Hall–Kier alpha value is -3.58. The Morgan fingerprint density at radius 3 is 2.62 bits per heavy atom. The van der Waals surface area contributed by atoms with Gasteiger partial charge in [0.05, 0.1) is 28.5 Å². The third-order valence-electron chi connectivity index (χ3n) is 3.57. The van der Waals surface area contributed by atoms with E-state index >= 15 is 0 Å². The molecule has 29 heavy (non-hydrogen) atoms. The van der Waals surface area contributed by atoms with Crippen LogP contribution in [-0.2, 0) is 0 Å². The maximum absolute atomic E-state index is 12.8.